The predicted molar refractivity (Wildman–Crippen MR) is 85.2 cm³/mol. The van der Waals surface area contributed by atoms with Crippen molar-refractivity contribution in [2.24, 2.45) is 5.92 Å². The molecular weight excluding hydrogens is 244 g/mol. The molecule has 1 aliphatic rings. The van der Waals surface area contributed by atoms with Crippen molar-refractivity contribution in [1.82, 2.24) is 0 Å². The Labute approximate surface area is 121 Å². The normalized spacial score (nSPS) is 23.1. The molecule has 1 N–H and O–H groups in total. The van der Waals surface area contributed by atoms with Crippen LogP contribution in [0.25, 0.3) is 10.8 Å². The summed E-state index contributed by atoms with van der Waals surface area (Å²) in [7, 11) is 0. The van der Waals surface area contributed by atoms with Crippen LogP contribution in [0.4, 0.5) is 0 Å². The summed E-state index contributed by atoms with van der Waals surface area (Å²) >= 11 is 0. The molecule has 0 atom stereocenters. The molecule has 2 aromatic rings. The van der Waals surface area contributed by atoms with E-state index in [1.54, 1.807) is 0 Å². The molecule has 0 amide bonds. The summed E-state index contributed by atoms with van der Waals surface area (Å²) < 4.78 is 0. The van der Waals surface area contributed by atoms with E-state index in [-0.39, 0.29) is 0 Å². The van der Waals surface area contributed by atoms with Crippen LogP contribution in [-0.2, 0) is 0 Å². The van der Waals surface area contributed by atoms with Gasteiger partial charge in [-0.15, -0.1) is 0 Å². The van der Waals surface area contributed by atoms with Crippen molar-refractivity contribution in [2.45, 2.75) is 51.4 Å². The van der Waals surface area contributed by atoms with Crippen LogP contribution in [-0.4, -0.2) is 5.11 Å². The number of benzene rings is 2. The van der Waals surface area contributed by atoms with Crippen LogP contribution in [0.15, 0.2) is 36.4 Å². The number of hydrogen-bond donors (Lipinski definition) is 1. The van der Waals surface area contributed by atoms with E-state index in [1.807, 2.05) is 12.1 Å². The fraction of sp³-hybridized carbons (Fsp3) is 0.474. The van der Waals surface area contributed by atoms with E-state index in [0.29, 0.717) is 11.7 Å². The van der Waals surface area contributed by atoms with Crippen LogP contribution in [0, 0.1) is 5.92 Å². The molecule has 0 spiro atoms. The molecule has 0 bridgehead atoms. The highest BCUT2D eigenvalue weighted by atomic mass is 16.3. The van der Waals surface area contributed by atoms with Crippen molar-refractivity contribution < 1.29 is 5.11 Å². The molecule has 0 saturated heterocycles. The van der Waals surface area contributed by atoms with E-state index in [2.05, 4.69) is 31.2 Å². The first-order valence-corrected chi connectivity index (χ1v) is 8.00. The van der Waals surface area contributed by atoms with Gasteiger partial charge in [0.15, 0.2) is 0 Å². The van der Waals surface area contributed by atoms with E-state index in [0.717, 1.165) is 5.92 Å². The molecule has 106 valence electrons. The maximum absolute atomic E-state index is 10.3. The molecule has 3 rings (SSSR count). The molecule has 0 aromatic heterocycles. The summed E-state index contributed by atoms with van der Waals surface area (Å²) in [5, 5.41) is 12.8. The lowest BCUT2D eigenvalue weighted by atomic mass is 9.76. The topological polar surface area (TPSA) is 20.2 Å². The van der Waals surface area contributed by atoms with Gasteiger partial charge in [-0.2, -0.15) is 0 Å². The molecule has 2 aromatic carbocycles. The van der Waals surface area contributed by atoms with Crippen molar-refractivity contribution in [3.8, 4) is 5.75 Å². The Bertz CT molecular complexity index is 579. The average Bonchev–Trinajstić information content (AvgIpc) is 2.49. The Morgan fingerprint density at radius 2 is 1.75 bits per heavy atom. The van der Waals surface area contributed by atoms with E-state index in [1.165, 1.54) is 54.9 Å². The predicted octanol–water partition coefficient (Wildman–Crippen LogP) is 5.62. The monoisotopic (exact) mass is 268 g/mol. The van der Waals surface area contributed by atoms with Gasteiger partial charge in [0.2, 0.25) is 0 Å². The Morgan fingerprint density at radius 1 is 1.00 bits per heavy atom. The first kappa shape index (κ1) is 13.5. The number of fused-ring (bicyclic) bond motifs is 1. The molecule has 0 heterocycles. The van der Waals surface area contributed by atoms with Crippen molar-refractivity contribution in [2.75, 3.05) is 0 Å². The highest BCUT2D eigenvalue weighted by molar-refractivity contribution is 5.88. The van der Waals surface area contributed by atoms with Gasteiger partial charge < -0.3 is 5.11 Å². The Morgan fingerprint density at radius 3 is 2.50 bits per heavy atom. The zero-order chi connectivity index (χ0) is 13.9. The number of rotatable bonds is 3. The van der Waals surface area contributed by atoms with Crippen LogP contribution in [0.2, 0.25) is 0 Å². The van der Waals surface area contributed by atoms with E-state index in [4.69, 9.17) is 0 Å². The third-order valence-electron chi connectivity index (χ3n) is 4.90. The third-order valence-corrected chi connectivity index (χ3v) is 4.90. The van der Waals surface area contributed by atoms with Crippen LogP contribution >= 0.6 is 0 Å². The lowest BCUT2D eigenvalue weighted by Gasteiger charge is -2.29. The second-order valence-corrected chi connectivity index (χ2v) is 6.23. The molecule has 0 unspecified atom stereocenters. The first-order valence-electron chi connectivity index (χ1n) is 8.00. The Kier molecular flexibility index (Phi) is 3.95. The van der Waals surface area contributed by atoms with Crippen LogP contribution in [0.5, 0.6) is 5.75 Å². The molecule has 1 fully saturated rings. The van der Waals surface area contributed by atoms with Crippen molar-refractivity contribution >= 4 is 10.8 Å². The van der Waals surface area contributed by atoms with Crippen molar-refractivity contribution in [1.29, 1.82) is 0 Å². The minimum atomic E-state index is 0.489. The maximum Gasteiger partial charge on any atom is 0.119 e. The fourth-order valence-corrected chi connectivity index (χ4v) is 3.86. The largest absolute Gasteiger partial charge is 0.508 e. The van der Waals surface area contributed by atoms with Crippen LogP contribution in [0.1, 0.15) is 56.9 Å². The van der Waals surface area contributed by atoms with E-state index >= 15 is 0 Å². The second kappa shape index (κ2) is 5.87. The average molecular weight is 268 g/mol. The van der Waals surface area contributed by atoms with E-state index in [9.17, 15) is 5.11 Å². The third kappa shape index (κ3) is 2.54. The number of phenols is 1. The van der Waals surface area contributed by atoms with Gasteiger partial charge in [-0.3, -0.25) is 0 Å². The lowest BCUT2D eigenvalue weighted by molar-refractivity contribution is 0.305. The maximum atomic E-state index is 10.3. The number of hydrogen-bond acceptors (Lipinski definition) is 1. The van der Waals surface area contributed by atoms with Crippen molar-refractivity contribution in [3.05, 3.63) is 42.0 Å². The smallest absolute Gasteiger partial charge is 0.119 e. The zero-order valence-electron chi connectivity index (χ0n) is 12.3. The molecule has 0 aliphatic heterocycles. The van der Waals surface area contributed by atoms with Crippen molar-refractivity contribution in [3.63, 3.8) is 0 Å². The second-order valence-electron chi connectivity index (χ2n) is 6.23. The first-order chi connectivity index (χ1) is 9.79. The summed E-state index contributed by atoms with van der Waals surface area (Å²) in [4.78, 5) is 0. The highest BCUT2D eigenvalue weighted by Crippen LogP contribution is 2.43. The van der Waals surface area contributed by atoms with Gasteiger partial charge in [0.05, 0.1) is 0 Å². The summed E-state index contributed by atoms with van der Waals surface area (Å²) in [6, 6.07) is 12.3. The zero-order valence-corrected chi connectivity index (χ0v) is 12.3. The van der Waals surface area contributed by atoms with Crippen LogP contribution < -0.4 is 0 Å². The molecule has 1 aliphatic carbocycles. The minimum Gasteiger partial charge on any atom is -0.508 e. The lowest BCUT2D eigenvalue weighted by Crippen LogP contribution is -2.13. The quantitative estimate of drug-likeness (QED) is 0.766. The summed E-state index contributed by atoms with van der Waals surface area (Å²) in [6.07, 6.45) is 7.77. The van der Waals surface area contributed by atoms with Gasteiger partial charge in [0.25, 0.3) is 0 Å². The standard InChI is InChI=1S/C19H24O/c1-2-5-14-8-10-16(11-9-14)19-17-7-4-3-6-15(17)12-13-18(19)20/h3-4,6-7,12-14,16,20H,2,5,8-11H2,1H3/t14-,16-. The molecule has 1 nitrogen and oxygen atoms in total. The summed E-state index contributed by atoms with van der Waals surface area (Å²) in [5.41, 5.74) is 1.19. The van der Waals surface area contributed by atoms with Crippen LogP contribution in [0.3, 0.4) is 0 Å². The molecular formula is C19H24O. The molecule has 0 radical (unpaired) electrons. The van der Waals surface area contributed by atoms with Gasteiger partial charge in [-0.1, -0.05) is 50.1 Å². The summed E-state index contributed by atoms with van der Waals surface area (Å²) in [6.45, 7) is 2.28. The van der Waals surface area contributed by atoms with Gasteiger partial charge >= 0.3 is 0 Å². The number of phenolic OH excluding ortho intramolecular Hbond substituents is 1. The highest BCUT2D eigenvalue weighted by Gasteiger charge is 2.25. The molecule has 1 heteroatoms. The Hall–Kier alpha value is -1.50. The van der Waals surface area contributed by atoms with Gasteiger partial charge in [0.1, 0.15) is 5.75 Å². The van der Waals surface area contributed by atoms with Gasteiger partial charge in [0, 0.05) is 5.56 Å². The van der Waals surface area contributed by atoms with Gasteiger partial charge in [-0.25, -0.2) is 0 Å². The number of aromatic hydroxyl groups is 1. The fourth-order valence-electron chi connectivity index (χ4n) is 3.86. The molecule has 1 saturated carbocycles. The van der Waals surface area contributed by atoms with E-state index < -0.39 is 0 Å². The minimum absolute atomic E-state index is 0.489. The SMILES string of the molecule is CCC[C@H]1CC[C@H](c2c(O)ccc3ccccc32)CC1. The Balaban J connectivity index is 1.89. The summed E-state index contributed by atoms with van der Waals surface area (Å²) in [5.74, 6) is 1.94. The van der Waals surface area contributed by atoms with Gasteiger partial charge in [-0.05, 0) is 54.4 Å². The molecule has 20 heavy (non-hydrogen) atoms.